The fourth-order valence-corrected chi connectivity index (χ4v) is 3.87. The third kappa shape index (κ3) is 5.06. The van der Waals surface area contributed by atoms with Crippen molar-refractivity contribution in [2.75, 3.05) is 14.1 Å². The second kappa shape index (κ2) is 8.67. The van der Waals surface area contributed by atoms with E-state index in [1.54, 1.807) is 23.9 Å². The molecule has 0 aliphatic rings. The molecule has 2 aromatic carbocycles. The minimum atomic E-state index is -0.253. The van der Waals surface area contributed by atoms with Gasteiger partial charge in [-0.3, -0.25) is 9.47 Å². The number of aromatic nitrogens is 3. The zero-order valence-electron chi connectivity index (χ0n) is 18.0. The first-order valence-corrected chi connectivity index (χ1v) is 10.8. The van der Waals surface area contributed by atoms with Crippen molar-refractivity contribution in [2.24, 2.45) is 0 Å². The van der Waals surface area contributed by atoms with Crippen LogP contribution in [0, 0.1) is 5.82 Å². The van der Waals surface area contributed by atoms with Gasteiger partial charge in [-0.1, -0.05) is 56.8 Å². The molecule has 1 aromatic heterocycles. The van der Waals surface area contributed by atoms with E-state index in [1.165, 1.54) is 23.3 Å². The Labute approximate surface area is 177 Å². The van der Waals surface area contributed by atoms with Crippen LogP contribution >= 0.6 is 11.8 Å². The second-order valence-electron chi connectivity index (χ2n) is 8.53. The summed E-state index contributed by atoms with van der Waals surface area (Å²) >= 11 is 1.64. The van der Waals surface area contributed by atoms with Crippen molar-refractivity contribution < 1.29 is 4.39 Å². The quantitative estimate of drug-likeness (QED) is 0.492. The van der Waals surface area contributed by atoms with E-state index in [1.807, 2.05) is 18.7 Å². The Bertz CT molecular complexity index is 941. The predicted octanol–water partition coefficient (Wildman–Crippen LogP) is 5.62. The zero-order chi connectivity index (χ0) is 21.2. The highest BCUT2D eigenvalue weighted by Gasteiger charge is 2.21. The van der Waals surface area contributed by atoms with Crippen LogP contribution in [0.1, 0.15) is 50.7 Å². The predicted molar refractivity (Wildman–Crippen MR) is 118 cm³/mol. The van der Waals surface area contributed by atoms with Crippen molar-refractivity contribution in [3.8, 4) is 5.69 Å². The van der Waals surface area contributed by atoms with Gasteiger partial charge in [0.05, 0.1) is 6.04 Å². The first-order chi connectivity index (χ1) is 13.7. The molecule has 1 heterocycles. The molecular weight excluding hydrogens is 383 g/mol. The molecule has 154 valence electrons. The largest absolute Gasteiger partial charge is 0.300 e. The van der Waals surface area contributed by atoms with Gasteiger partial charge in [-0.2, -0.15) is 0 Å². The molecule has 1 atom stereocenters. The van der Waals surface area contributed by atoms with E-state index in [9.17, 15) is 4.39 Å². The van der Waals surface area contributed by atoms with Crippen LogP contribution in [0.2, 0.25) is 0 Å². The Morgan fingerprint density at radius 2 is 1.62 bits per heavy atom. The molecule has 6 heteroatoms. The Hall–Kier alpha value is -2.18. The summed E-state index contributed by atoms with van der Waals surface area (Å²) in [4.78, 5) is 2.09. The zero-order valence-corrected chi connectivity index (χ0v) is 18.8. The summed E-state index contributed by atoms with van der Waals surface area (Å²) in [5.74, 6) is 1.38. The summed E-state index contributed by atoms with van der Waals surface area (Å²) in [6, 6.07) is 15.3. The van der Waals surface area contributed by atoms with Gasteiger partial charge < -0.3 is 0 Å². The number of benzene rings is 2. The molecule has 0 amide bonds. The van der Waals surface area contributed by atoms with Gasteiger partial charge in [-0.15, -0.1) is 10.2 Å². The van der Waals surface area contributed by atoms with E-state index in [4.69, 9.17) is 0 Å². The Balaban J connectivity index is 1.88. The molecule has 3 aromatic rings. The molecule has 29 heavy (non-hydrogen) atoms. The summed E-state index contributed by atoms with van der Waals surface area (Å²) in [5, 5.41) is 9.70. The molecule has 0 unspecified atom stereocenters. The van der Waals surface area contributed by atoms with E-state index in [2.05, 4.69) is 67.1 Å². The molecule has 0 saturated carbocycles. The van der Waals surface area contributed by atoms with Gasteiger partial charge in [-0.05, 0) is 61.8 Å². The van der Waals surface area contributed by atoms with Gasteiger partial charge in [0.2, 0.25) is 0 Å². The standard InChI is InChI=1S/C23H29FN4S/c1-16(27(5)6)21-25-26-22(28(21)20-13-11-19(24)12-14-20)29-15-17-7-9-18(10-8-17)23(2,3)4/h7-14,16H,15H2,1-6H3/t16-/m0/s1. The Kier molecular flexibility index (Phi) is 6.44. The maximum absolute atomic E-state index is 13.4. The third-order valence-electron chi connectivity index (χ3n) is 5.08. The van der Waals surface area contributed by atoms with E-state index < -0.39 is 0 Å². The number of thioether (sulfide) groups is 1. The van der Waals surface area contributed by atoms with Crippen LogP contribution < -0.4 is 0 Å². The van der Waals surface area contributed by atoms with Crippen LogP contribution in [0.15, 0.2) is 53.7 Å². The lowest BCUT2D eigenvalue weighted by Gasteiger charge is -2.20. The molecule has 0 bridgehead atoms. The molecule has 0 N–H and O–H groups in total. The van der Waals surface area contributed by atoms with E-state index in [0.717, 1.165) is 22.4 Å². The number of nitrogens with zero attached hydrogens (tertiary/aromatic N) is 4. The van der Waals surface area contributed by atoms with Crippen molar-refractivity contribution in [1.82, 2.24) is 19.7 Å². The Morgan fingerprint density at radius 1 is 1.00 bits per heavy atom. The van der Waals surface area contributed by atoms with Gasteiger partial charge in [0.1, 0.15) is 5.82 Å². The molecule has 4 nitrogen and oxygen atoms in total. The lowest BCUT2D eigenvalue weighted by atomic mass is 9.87. The SMILES string of the molecule is C[C@@H](c1nnc(SCc2ccc(C(C)(C)C)cc2)n1-c1ccc(F)cc1)N(C)C. The third-order valence-corrected chi connectivity index (χ3v) is 6.08. The maximum Gasteiger partial charge on any atom is 0.196 e. The van der Waals surface area contributed by atoms with Crippen LogP contribution in [0.3, 0.4) is 0 Å². The summed E-state index contributed by atoms with van der Waals surface area (Å²) in [6.07, 6.45) is 0. The Morgan fingerprint density at radius 3 is 2.17 bits per heavy atom. The smallest absolute Gasteiger partial charge is 0.196 e. The highest BCUT2D eigenvalue weighted by atomic mass is 32.2. The van der Waals surface area contributed by atoms with Gasteiger partial charge in [0.15, 0.2) is 11.0 Å². The maximum atomic E-state index is 13.4. The van der Waals surface area contributed by atoms with Crippen molar-refractivity contribution in [3.05, 3.63) is 71.3 Å². The van der Waals surface area contributed by atoms with Crippen molar-refractivity contribution in [1.29, 1.82) is 0 Å². The van der Waals surface area contributed by atoms with Gasteiger partial charge in [0, 0.05) is 11.4 Å². The number of halogens is 1. The van der Waals surface area contributed by atoms with Crippen LogP contribution in [0.25, 0.3) is 5.69 Å². The number of rotatable bonds is 6. The van der Waals surface area contributed by atoms with Crippen molar-refractivity contribution in [2.45, 2.75) is 50.1 Å². The highest BCUT2D eigenvalue weighted by molar-refractivity contribution is 7.98. The van der Waals surface area contributed by atoms with Gasteiger partial charge in [0.25, 0.3) is 0 Å². The molecule has 0 spiro atoms. The number of hydrogen-bond acceptors (Lipinski definition) is 4. The summed E-state index contributed by atoms with van der Waals surface area (Å²) in [5.41, 5.74) is 3.57. The lowest BCUT2D eigenvalue weighted by Crippen LogP contribution is -2.20. The van der Waals surface area contributed by atoms with E-state index in [0.29, 0.717) is 0 Å². The van der Waals surface area contributed by atoms with Crippen molar-refractivity contribution >= 4 is 11.8 Å². The molecule has 0 aliphatic carbocycles. The normalized spacial score (nSPS) is 13.1. The van der Waals surface area contributed by atoms with Crippen LogP contribution in [-0.2, 0) is 11.2 Å². The van der Waals surface area contributed by atoms with Crippen molar-refractivity contribution in [3.63, 3.8) is 0 Å². The molecule has 0 aliphatic heterocycles. The molecular formula is C23H29FN4S. The van der Waals surface area contributed by atoms with E-state index in [-0.39, 0.29) is 17.3 Å². The summed E-state index contributed by atoms with van der Waals surface area (Å²) < 4.78 is 15.5. The van der Waals surface area contributed by atoms with Gasteiger partial charge >= 0.3 is 0 Å². The fraction of sp³-hybridized carbons (Fsp3) is 0.391. The van der Waals surface area contributed by atoms with Gasteiger partial charge in [-0.25, -0.2) is 4.39 Å². The van der Waals surface area contributed by atoms with Crippen LogP contribution in [-0.4, -0.2) is 33.8 Å². The average molecular weight is 413 g/mol. The first-order valence-electron chi connectivity index (χ1n) is 9.76. The highest BCUT2D eigenvalue weighted by Crippen LogP contribution is 2.30. The molecule has 0 fully saturated rings. The number of hydrogen-bond donors (Lipinski definition) is 0. The van der Waals surface area contributed by atoms with Crippen LogP contribution in [0.4, 0.5) is 4.39 Å². The molecule has 0 saturated heterocycles. The molecule has 3 rings (SSSR count). The van der Waals surface area contributed by atoms with E-state index >= 15 is 0 Å². The minimum absolute atomic E-state index is 0.0768. The monoisotopic (exact) mass is 412 g/mol. The second-order valence-corrected chi connectivity index (χ2v) is 9.47. The fourth-order valence-electron chi connectivity index (χ4n) is 2.96. The average Bonchev–Trinajstić information content (AvgIpc) is 3.09. The molecule has 0 radical (unpaired) electrons. The topological polar surface area (TPSA) is 34.0 Å². The first kappa shape index (κ1) is 21.5. The summed E-state index contributed by atoms with van der Waals surface area (Å²) in [6.45, 7) is 8.74. The lowest BCUT2D eigenvalue weighted by molar-refractivity contribution is 0.305. The minimum Gasteiger partial charge on any atom is -0.300 e. The summed E-state index contributed by atoms with van der Waals surface area (Å²) in [7, 11) is 4.02. The van der Waals surface area contributed by atoms with Crippen LogP contribution in [0.5, 0.6) is 0 Å².